The first kappa shape index (κ1) is 22.6. The van der Waals surface area contributed by atoms with Crippen LogP contribution in [-0.2, 0) is 10.0 Å². The molecule has 0 spiro atoms. The van der Waals surface area contributed by atoms with E-state index in [1.165, 1.54) is 23.9 Å². The molecule has 1 aromatic heterocycles. The molecule has 0 radical (unpaired) electrons. The number of carbonyl (C=O) groups is 1. The quantitative estimate of drug-likeness (QED) is 0.544. The van der Waals surface area contributed by atoms with E-state index in [0.717, 1.165) is 13.1 Å². The van der Waals surface area contributed by atoms with Crippen LogP contribution in [0.5, 0.6) is 5.75 Å². The van der Waals surface area contributed by atoms with Crippen molar-refractivity contribution in [2.45, 2.75) is 4.90 Å². The zero-order chi connectivity index (χ0) is 23.6. The number of carbonyl (C=O) groups excluding carboxylic acids is 1. The Labute approximate surface area is 191 Å². The number of likely N-dealkylation sites (N-methyl/N-ethyl adjacent to an activating group) is 1. The molecule has 12 heteroatoms. The molecule has 1 saturated heterocycles. The normalized spacial score (nSPS) is 14.8. The summed E-state index contributed by atoms with van der Waals surface area (Å²) in [6.45, 7) is 2.77. The molecule has 33 heavy (non-hydrogen) atoms. The molecule has 1 aliphatic heterocycles. The molecule has 0 saturated carbocycles. The lowest BCUT2D eigenvalue weighted by atomic mass is 10.2. The number of nitrogens with two attached hydrogens (primary N) is 1. The predicted molar refractivity (Wildman–Crippen MR) is 123 cm³/mol. The number of sulfonamides is 1. The molecule has 2 heterocycles. The highest BCUT2D eigenvalue weighted by Gasteiger charge is 2.26. The van der Waals surface area contributed by atoms with Crippen LogP contribution >= 0.6 is 0 Å². The average molecular weight is 472 g/mol. The van der Waals surface area contributed by atoms with Gasteiger partial charge in [0.25, 0.3) is 15.9 Å². The van der Waals surface area contributed by atoms with Gasteiger partial charge in [0.1, 0.15) is 5.75 Å². The van der Waals surface area contributed by atoms with Gasteiger partial charge in [-0.15, -0.1) is 5.10 Å². The molecule has 11 nitrogen and oxygen atoms in total. The Hall–Kier alpha value is -3.64. The number of anilines is 2. The summed E-state index contributed by atoms with van der Waals surface area (Å²) < 4.78 is 34.2. The zero-order valence-corrected chi connectivity index (χ0v) is 19.1. The first-order valence-corrected chi connectivity index (χ1v) is 11.7. The SMILES string of the molecule is COc1ccc(S(=O)(=O)Nc2ccc(-n3nnc(C(=O)N4CCN(C)CC4)c3N)cc2)cc1. The van der Waals surface area contributed by atoms with Crippen LogP contribution in [0.2, 0.25) is 0 Å². The van der Waals surface area contributed by atoms with Crippen molar-refractivity contribution in [3.05, 3.63) is 54.2 Å². The second kappa shape index (κ2) is 9.08. The number of benzene rings is 2. The zero-order valence-electron chi connectivity index (χ0n) is 18.3. The van der Waals surface area contributed by atoms with Crippen LogP contribution in [0.15, 0.2) is 53.4 Å². The molecule has 0 aliphatic carbocycles. The lowest BCUT2D eigenvalue weighted by Gasteiger charge is -2.31. The van der Waals surface area contributed by atoms with Gasteiger partial charge in [0.2, 0.25) is 0 Å². The van der Waals surface area contributed by atoms with Gasteiger partial charge in [-0.05, 0) is 55.6 Å². The van der Waals surface area contributed by atoms with Gasteiger partial charge < -0.3 is 20.3 Å². The largest absolute Gasteiger partial charge is 0.497 e. The lowest BCUT2D eigenvalue weighted by molar-refractivity contribution is 0.0659. The number of rotatable bonds is 6. The van der Waals surface area contributed by atoms with Gasteiger partial charge in [0.05, 0.1) is 17.7 Å². The van der Waals surface area contributed by atoms with Crippen molar-refractivity contribution in [3.8, 4) is 11.4 Å². The minimum Gasteiger partial charge on any atom is -0.497 e. The molecule has 0 bridgehead atoms. The van der Waals surface area contributed by atoms with Gasteiger partial charge >= 0.3 is 0 Å². The van der Waals surface area contributed by atoms with Crippen LogP contribution in [0.4, 0.5) is 11.5 Å². The topological polar surface area (TPSA) is 136 Å². The number of amides is 1. The summed E-state index contributed by atoms with van der Waals surface area (Å²) >= 11 is 0. The Balaban J connectivity index is 1.48. The highest BCUT2D eigenvalue weighted by molar-refractivity contribution is 7.92. The summed E-state index contributed by atoms with van der Waals surface area (Å²) in [6.07, 6.45) is 0. The highest BCUT2D eigenvalue weighted by Crippen LogP contribution is 2.22. The minimum absolute atomic E-state index is 0.101. The molecule has 2 aromatic carbocycles. The Morgan fingerprint density at radius 2 is 1.67 bits per heavy atom. The van der Waals surface area contributed by atoms with E-state index in [9.17, 15) is 13.2 Å². The minimum atomic E-state index is -3.77. The summed E-state index contributed by atoms with van der Waals surface area (Å²) in [4.78, 5) is 16.8. The Morgan fingerprint density at radius 3 is 2.27 bits per heavy atom. The van der Waals surface area contributed by atoms with Crippen LogP contribution in [0.25, 0.3) is 5.69 Å². The van der Waals surface area contributed by atoms with Crippen molar-refractivity contribution in [1.82, 2.24) is 24.8 Å². The number of hydrogen-bond donors (Lipinski definition) is 2. The second-order valence-electron chi connectivity index (χ2n) is 7.66. The van der Waals surface area contributed by atoms with Crippen molar-refractivity contribution < 1.29 is 17.9 Å². The van der Waals surface area contributed by atoms with E-state index in [1.54, 1.807) is 41.3 Å². The van der Waals surface area contributed by atoms with E-state index in [-0.39, 0.29) is 22.3 Å². The van der Waals surface area contributed by atoms with Crippen LogP contribution < -0.4 is 15.2 Å². The van der Waals surface area contributed by atoms with Crippen molar-refractivity contribution in [3.63, 3.8) is 0 Å². The van der Waals surface area contributed by atoms with Gasteiger partial charge in [0, 0.05) is 31.9 Å². The summed E-state index contributed by atoms with van der Waals surface area (Å²) in [5.41, 5.74) is 7.18. The molecule has 1 amide bonds. The monoisotopic (exact) mass is 471 g/mol. The molecule has 3 aromatic rings. The Kier molecular flexibility index (Phi) is 6.20. The summed E-state index contributed by atoms with van der Waals surface area (Å²) in [5.74, 6) is 0.440. The van der Waals surface area contributed by atoms with Gasteiger partial charge in [-0.1, -0.05) is 5.21 Å². The predicted octanol–water partition coefficient (Wildman–Crippen LogP) is 1.05. The Bertz CT molecular complexity index is 1230. The molecular formula is C21H25N7O4S. The molecule has 1 aliphatic rings. The smallest absolute Gasteiger partial charge is 0.278 e. The third kappa shape index (κ3) is 4.76. The van der Waals surface area contributed by atoms with Gasteiger partial charge in [-0.25, -0.2) is 8.42 Å². The molecule has 0 unspecified atom stereocenters. The van der Waals surface area contributed by atoms with Gasteiger partial charge in [-0.3, -0.25) is 9.52 Å². The number of aromatic nitrogens is 3. The molecular weight excluding hydrogens is 446 g/mol. The third-order valence-electron chi connectivity index (χ3n) is 5.43. The number of nitrogens with zero attached hydrogens (tertiary/aromatic N) is 5. The summed E-state index contributed by atoms with van der Waals surface area (Å²) in [7, 11) is -0.249. The van der Waals surface area contributed by atoms with E-state index >= 15 is 0 Å². The van der Waals surface area contributed by atoms with E-state index in [2.05, 4.69) is 19.9 Å². The maximum Gasteiger partial charge on any atom is 0.278 e. The van der Waals surface area contributed by atoms with Gasteiger partial charge in [-0.2, -0.15) is 4.68 Å². The highest BCUT2D eigenvalue weighted by atomic mass is 32.2. The number of ether oxygens (including phenoxy) is 1. The molecule has 0 atom stereocenters. The van der Waals surface area contributed by atoms with Crippen molar-refractivity contribution in [2.24, 2.45) is 0 Å². The number of nitrogen functional groups attached to an aromatic ring is 1. The van der Waals surface area contributed by atoms with Crippen molar-refractivity contribution in [2.75, 3.05) is 50.8 Å². The number of methoxy groups -OCH3 is 1. The van der Waals surface area contributed by atoms with E-state index < -0.39 is 10.0 Å². The lowest BCUT2D eigenvalue weighted by Crippen LogP contribution is -2.47. The van der Waals surface area contributed by atoms with Crippen molar-refractivity contribution >= 4 is 27.4 Å². The number of piperazine rings is 1. The van der Waals surface area contributed by atoms with Crippen LogP contribution in [0, 0.1) is 0 Å². The fourth-order valence-corrected chi connectivity index (χ4v) is 4.49. The van der Waals surface area contributed by atoms with Gasteiger partial charge in [0.15, 0.2) is 11.5 Å². The van der Waals surface area contributed by atoms with Crippen LogP contribution in [-0.4, -0.2) is 79.5 Å². The molecule has 3 N–H and O–H groups in total. The van der Waals surface area contributed by atoms with E-state index in [1.807, 2.05) is 7.05 Å². The number of hydrogen-bond acceptors (Lipinski definition) is 8. The second-order valence-corrected chi connectivity index (χ2v) is 9.34. The maximum atomic E-state index is 12.8. The first-order valence-electron chi connectivity index (χ1n) is 10.2. The maximum absolute atomic E-state index is 12.8. The standard InChI is InChI=1S/C21H25N7O4S/c1-26-11-13-27(14-12-26)21(29)19-20(22)28(25-23-19)16-5-3-15(4-6-16)24-33(30,31)18-9-7-17(32-2)8-10-18/h3-10,24H,11-14,22H2,1-2H3. The van der Waals surface area contributed by atoms with E-state index in [4.69, 9.17) is 10.5 Å². The van der Waals surface area contributed by atoms with Crippen LogP contribution in [0.3, 0.4) is 0 Å². The third-order valence-corrected chi connectivity index (χ3v) is 6.83. The van der Waals surface area contributed by atoms with Crippen LogP contribution in [0.1, 0.15) is 10.5 Å². The number of nitrogens with one attached hydrogen (secondary N) is 1. The van der Waals surface area contributed by atoms with E-state index in [0.29, 0.717) is 30.2 Å². The molecule has 1 fully saturated rings. The average Bonchev–Trinajstić information content (AvgIpc) is 3.20. The summed E-state index contributed by atoms with van der Waals surface area (Å²) in [5, 5.41) is 8.00. The fraction of sp³-hybridized carbons (Fsp3) is 0.286. The van der Waals surface area contributed by atoms with Crippen molar-refractivity contribution in [1.29, 1.82) is 0 Å². The fourth-order valence-electron chi connectivity index (χ4n) is 3.43. The molecule has 4 rings (SSSR count). The first-order chi connectivity index (χ1) is 15.8. The Morgan fingerprint density at radius 1 is 1.03 bits per heavy atom. The summed E-state index contributed by atoms with van der Waals surface area (Å²) in [6, 6.07) is 12.5. The molecule has 174 valence electrons.